The van der Waals surface area contributed by atoms with Gasteiger partial charge in [-0.05, 0) is 62.1 Å². The Morgan fingerprint density at radius 1 is 1.38 bits per heavy atom. The number of carboxylic acid groups (broad SMARTS) is 1. The monoisotopic (exact) mass is 420 g/mol. The summed E-state index contributed by atoms with van der Waals surface area (Å²) in [7, 11) is 0. The molecule has 0 saturated carbocycles. The first-order valence-electron chi connectivity index (χ1n) is 9.80. The van der Waals surface area contributed by atoms with Gasteiger partial charge in [-0.1, -0.05) is 31.0 Å². The largest absolute Gasteiger partial charge is 0.487 e. The van der Waals surface area contributed by atoms with Gasteiger partial charge in [0.25, 0.3) is 0 Å². The number of benzene rings is 2. The lowest BCUT2D eigenvalue weighted by molar-refractivity contribution is -0.138. The Morgan fingerprint density at radius 2 is 2.10 bits per heavy atom. The summed E-state index contributed by atoms with van der Waals surface area (Å²) in [6, 6.07) is 6.80. The fraction of sp³-hybridized carbons (Fsp3) is 0.435. The van der Waals surface area contributed by atoms with Crippen LogP contribution in [0.3, 0.4) is 0 Å². The van der Waals surface area contributed by atoms with Crippen LogP contribution in [0, 0.1) is 5.82 Å². The van der Waals surface area contributed by atoms with E-state index in [9.17, 15) is 9.90 Å². The van der Waals surface area contributed by atoms with E-state index < -0.39 is 17.7 Å². The third-order valence-electron chi connectivity index (χ3n) is 5.17. The Hall–Kier alpha value is -2.27. The number of halogens is 2. The van der Waals surface area contributed by atoms with Crippen molar-refractivity contribution in [1.29, 1.82) is 0 Å². The van der Waals surface area contributed by atoms with E-state index in [2.05, 4.69) is 0 Å². The van der Waals surface area contributed by atoms with Crippen molar-refractivity contribution >= 4 is 17.6 Å². The molecule has 1 aliphatic heterocycles. The molecule has 0 amide bonds. The highest BCUT2D eigenvalue weighted by Crippen LogP contribution is 2.40. The van der Waals surface area contributed by atoms with Gasteiger partial charge in [0.15, 0.2) is 11.6 Å². The van der Waals surface area contributed by atoms with E-state index in [0.717, 1.165) is 23.3 Å². The third kappa shape index (κ3) is 4.50. The van der Waals surface area contributed by atoms with Crippen LogP contribution in [0.25, 0.3) is 0 Å². The first-order chi connectivity index (χ1) is 13.6. The van der Waals surface area contributed by atoms with Crippen LogP contribution >= 0.6 is 11.6 Å². The highest BCUT2D eigenvalue weighted by molar-refractivity contribution is 6.30. The summed E-state index contributed by atoms with van der Waals surface area (Å²) in [6.07, 6.45) is 1.89. The lowest BCUT2D eigenvalue weighted by atomic mass is 9.92. The van der Waals surface area contributed by atoms with Crippen molar-refractivity contribution in [3.05, 3.63) is 57.4 Å². The summed E-state index contributed by atoms with van der Waals surface area (Å²) in [6.45, 7) is 7.60. The van der Waals surface area contributed by atoms with Crippen molar-refractivity contribution in [2.75, 3.05) is 0 Å². The summed E-state index contributed by atoms with van der Waals surface area (Å²) in [5, 5.41) is 9.90. The van der Waals surface area contributed by atoms with E-state index in [-0.39, 0.29) is 18.0 Å². The second kappa shape index (κ2) is 8.23. The molecule has 6 heteroatoms. The molecule has 2 aromatic carbocycles. The summed E-state index contributed by atoms with van der Waals surface area (Å²) < 4.78 is 27.0. The average Bonchev–Trinajstić information content (AvgIpc) is 2.95. The van der Waals surface area contributed by atoms with Gasteiger partial charge in [-0.2, -0.15) is 0 Å². The van der Waals surface area contributed by atoms with Gasteiger partial charge in [-0.3, -0.25) is 4.79 Å². The number of fused-ring (bicyclic) bond motifs is 1. The van der Waals surface area contributed by atoms with E-state index in [4.69, 9.17) is 21.1 Å². The Morgan fingerprint density at radius 3 is 2.76 bits per heavy atom. The number of hydrogen-bond acceptors (Lipinski definition) is 3. The number of rotatable bonds is 7. The molecule has 0 bridgehead atoms. The van der Waals surface area contributed by atoms with Gasteiger partial charge in [0.1, 0.15) is 18.0 Å². The predicted molar refractivity (Wildman–Crippen MR) is 111 cm³/mol. The lowest BCUT2D eigenvalue weighted by Gasteiger charge is -2.19. The molecule has 0 spiro atoms. The number of ether oxygens (including phenoxy) is 2. The van der Waals surface area contributed by atoms with Crippen LogP contribution < -0.4 is 9.47 Å². The highest BCUT2D eigenvalue weighted by Gasteiger charge is 2.32. The molecule has 0 aromatic heterocycles. The molecule has 0 radical (unpaired) electrons. The predicted octanol–water partition coefficient (Wildman–Crippen LogP) is 5.91. The molecule has 29 heavy (non-hydrogen) atoms. The van der Waals surface area contributed by atoms with E-state index in [1.807, 2.05) is 26.8 Å². The first kappa shape index (κ1) is 21.4. The zero-order chi connectivity index (χ0) is 21.3. The Balaban J connectivity index is 1.89. The van der Waals surface area contributed by atoms with Crippen molar-refractivity contribution < 1.29 is 23.8 Å². The lowest BCUT2D eigenvalue weighted by Crippen LogP contribution is -2.25. The molecular weight excluding hydrogens is 395 g/mol. The van der Waals surface area contributed by atoms with Crippen LogP contribution in [0.15, 0.2) is 24.3 Å². The number of hydrogen-bond donors (Lipinski definition) is 1. The van der Waals surface area contributed by atoms with Crippen LogP contribution in [0.5, 0.6) is 11.5 Å². The van der Waals surface area contributed by atoms with Crippen molar-refractivity contribution in [3.8, 4) is 11.5 Å². The molecule has 0 saturated heterocycles. The van der Waals surface area contributed by atoms with Crippen LogP contribution in [0.4, 0.5) is 4.39 Å². The minimum absolute atomic E-state index is 0.0979. The van der Waals surface area contributed by atoms with Crippen LogP contribution in [0.1, 0.15) is 62.3 Å². The van der Waals surface area contributed by atoms with Crippen molar-refractivity contribution in [2.24, 2.45) is 0 Å². The molecule has 1 unspecified atom stereocenters. The zero-order valence-corrected chi connectivity index (χ0v) is 17.9. The minimum atomic E-state index is -0.982. The molecule has 4 nitrogen and oxygen atoms in total. The summed E-state index contributed by atoms with van der Waals surface area (Å²) in [5.74, 6) is -1.43. The van der Waals surface area contributed by atoms with Crippen molar-refractivity contribution in [2.45, 2.75) is 65.1 Å². The van der Waals surface area contributed by atoms with Crippen LogP contribution in [-0.4, -0.2) is 16.7 Å². The molecule has 1 N–H and O–H groups in total. The number of aliphatic carboxylic acids is 1. The molecule has 1 aliphatic rings. The average molecular weight is 421 g/mol. The standard InChI is InChI=1S/C23H26ClFO4/c1-5-6-18-17(13(2)22(26)27)7-8-19(20(18)25)28-12-15-10-16(24)9-14-11-23(3,4)29-21(14)15/h7-10,13H,5-6,11-12H2,1-4H3,(H,26,27). The SMILES string of the molecule is CCCc1c(C(C)C(=O)O)ccc(OCc2cc(Cl)cc3c2OC(C)(C)C3)c1F. The molecule has 1 atom stereocenters. The van der Waals surface area contributed by atoms with E-state index in [1.165, 1.54) is 6.07 Å². The second-order valence-electron chi connectivity index (χ2n) is 8.14. The van der Waals surface area contributed by atoms with E-state index in [1.54, 1.807) is 19.1 Å². The maximum Gasteiger partial charge on any atom is 0.310 e. The molecule has 3 rings (SSSR count). The van der Waals surface area contributed by atoms with Crippen LogP contribution in [-0.2, 0) is 24.2 Å². The molecule has 156 valence electrons. The smallest absolute Gasteiger partial charge is 0.310 e. The molecule has 0 fully saturated rings. The summed E-state index contributed by atoms with van der Waals surface area (Å²) in [4.78, 5) is 11.4. The van der Waals surface area contributed by atoms with Crippen molar-refractivity contribution in [1.82, 2.24) is 0 Å². The highest BCUT2D eigenvalue weighted by atomic mass is 35.5. The van der Waals surface area contributed by atoms with Crippen molar-refractivity contribution in [3.63, 3.8) is 0 Å². The minimum Gasteiger partial charge on any atom is -0.487 e. The molecular formula is C23H26ClFO4. The van der Waals surface area contributed by atoms with Gasteiger partial charge >= 0.3 is 5.97 Å². The van der Waals surface area contributed by atoms with Gasteiger partial charge < -0.3 is 14.6 Å². The Labute approximate surface area is 175 Å². The maximum absolute atomic E-state index is 15.1. The van der Waals surface area contributed by atoms with Gasteiger partial charge in [0.05, 0.1) is 5.92 Å². The Kier molecular flexibility index (Phi) is 6.08. The second-order valence-corrected chi connectivity index (χ2v) is 8.57. The van der Waals surface area contributed by atoms with Gasteiger partial charge in [0.2, 0.25) is 0 Å². The normalized spacial score (nSPS) is 15.5. The van der Waals surface area contributed by atoms with E-state index in [0.29, 0.717) is 29.0 Å². The van der Waals surface area contributed by atoms with Gasteiger partial charge in [-0.25, -0.2) is 4.39 Å². The van der Waals surface area contributed by atoms with E-state index >= 15 is 4.39 Å². The molecule has 0 aliphatic carbocycles. The molecule has 1 heterocycles. The van der Waals surface area contributed by atoms with Gasteiger partial charge in [0, 0.05) is 17.0 Å². The fourth-order valence-electron chi connectivity index (χ4n) is 3.78. The third-order valence-corrected chi connectivity index (χ3v) is 5.38. The summed E-state index contributed by atoms with van der Waals surface area (Å²) in [5.41, 5.74) is 2.33. The first-order valence-corrected chi connectivity index (χ1v) is 10.2. The topological polar surface area (TPSA) is 55.8 Å². The Bertz CT molecular complexity index is 939. The number of carboxylic acids is 1. The fourth-order valence-corrected chi connectivity index (χ4v) is 4.04. The maximum atomic E-state index is 15.1. The summed E-state index contributed by atoms with van der Waals surface area (Å²) >= 11 is 6.25. The van der Waals surface area contributed by atoms with Gasteiger partial charge in [-0.15, -0.1) is 0 Å². The number of carbonyl (C=O) groups is 1. The molecule has 2 aromatic rings. The van der Waals surface area contributed by atoms with Crippen LogP contribution in [0.2, 0.25) is 5.02 Å². The quantitative estimate of drug-likeness (QED) is 0.604. The zero-order valence-electron chi connectivity index (χ0n) is 17.1.